The Morgan fingerprint density at radius 1 is 0.596 bits per heavy atom. The van der Waals surface area contributed by atoms with Crippen molar-refractivity contribution in [3.05, 3.63) is 42.5 Å². The molecule has 3 nitrogen and oxygen atoms in total. The molecule has 57 heavy (non-hydrogen) atoms. The van der Waals surface area contributed by atoms with Gasteiger partial charge >= 0.3 is 59.9 Å². The van der Waals surface area contributed by atoms with Crippen molar-refractivity contribution < 1.29 is 106 Å². The molecule has 1 aromatic rings. The largest absolute Gasteiger partial charge is 0.486 e. The van der Waals surface area contributed by atoms with E-state index < -0.39 is 91.3 Å². The van der Waals surface area contributed by atoms with Gasteiger partial charge < -0.3 is 14.2 Å². The first-order valence-electron chi connectivity index (χ1n) is 16.7. The smallest absolute Gasteiger partial charge is 0.457 e. The van der Waals surface area contributed by atoms with Gasteiger partial charge in [0.2, 0.25) is 0 Å². The molecular weight excluding hydrogens is 843 g/mol. The van der Waals surface area contributed by atoms with Gasteiger partial charge in [0.1, 0.15) is 11.9 Å². The van der Waals surface area contributed by atoms with Crippen molar-refractivity contribution in [3.63, 3.8) is 0 Å². The summed E-state index contributed by atoms with van der Waals surface area (Å²) in [6.07, 6.45) is -38.9. The average Bonchev–Trinajstić information content (AvgIpc) is 3.02. The predicted octanol–water partition coefficient (Wildman–Crippen LogP) is 13.1. The summed E-state index contributed by atoms with van der Waals surface area (Å²) in [5.74, 6) is -22.7. The number of unbranched alkanes of at least 4 members (excludes halogenated alkanes) is 2. The molecule has 0 aliphatic heterocycles. The molecule has 1 fully saturated rings. The SMILES string of the molecule is C=CCC(F)(F)C(F)(F)C(OCC(COC(C(F)(F)F)(C(F)(F)F)C(F)(F)C(F)(F)F)Oc1ccc(C2CCC(CCCCC)CC2)cc1)(C(F)(F)F)C(F)(F)F. The third-order valence-corrected chi connectivity index (χ3v) is 9.39. The predicted molar refractivity (Wildman–Crippen MR) is 157 cm³/mol. The molecule has 0 heterocycles. The minimum atomic E-state index is -8.03. The van der Waals surface area contributed by atoms with Crippen molar-refractivity contribution in [3.8, 4) is 5.75 Å². The van der Waals surface area contributed by atoms with Crippen LogP contribution in [0.1, 0.15) is 76.2 Å². The van der Waals surface area contributed by atoms with Gasteiger partial charge in [-0.25, -0.2) is 0 Å². The topological polar surface area (TPSA) is 27.7 Å². The molecule has 24 heteroatoms. The van der Waals surface area contributed by atoms with Crippen molar-refractivity contribution in [2.24, 2.45) is 5.92 Å². The summed E-state index contributed by atoms with van der Waals surface area (Å²) < 4.78 is 304. The van der Waals surface area contributed by atoms with Crippen molar-refractivity contribution in [1.29, 1.82) is 0 Å². The van der Waals surface area contributed by atoms with E-state index >= 15 is 0 Å². The number of halogens is 21. The van der Waals surface area contributed by atoms with Gasteiger partial charge in [-0.3, -0.25) is 0 Å². The van der Waals surface area contributed by atoms with Crippen molar-refractivity contribution in [1.82, 2.24) is 0 Å². The highest BCUT2D eigenvalue weighted by atomic mass is 19.4. The lowest BCUT2D eigenvalue weighted by Crippen LogP contribution is -2.74. The molecule has 0 bridgehead atoms. The molecule has 1 saturated carbocycles. The summed E-state index contributed by atoms with van der Waals surface area (Å²) in [6, 6.07) is 3.72. The van der Waals surface area contributed by atoms with E-state index in [9.17, 15) is 92.2 Å². The normalized spacial score (nSPS) is 19.4. The van der Waals surface area contributed by atoms with E-state index in [1.807, 2.05) is 6.92 Å². The highest BCUT2D eigenvalue weighted by molar-refractivity contribution is 5.30. The fraction of sp³-hybridized carbons (Fsp3) is 0.758. The third kappa shape index (κ3) is 9.99. The number of rotatable bonds is 18. The Bertz CT molecular complexity index is 1390. The molecule has 0 amide bonds. The number of hydrogen-bond acceptors (Lipinski definition) is 3. The molecular formula is C33H35F21O3. The zero-order chi connectivity index (χ0) is 44.3. The lowest BCUT2D eigenvalue weighted by molar-refractivity contribution is -0.475. The van der Waals surface area contributed by atoms with Crippen LogP contribution in [0.2, 0.25) is 0 Å². The molecule has 0 saturated heterocycles. The quantitative estimate of drug-likeness (QED) is 0.0835. The summed E-state index contributed by atoms with van der Waals surface area (Å²) in [7, 11) is 0. The summed E-state index contributed by atoms with van der Waals surface area (Å²) in [4.78, 5) is 0. The summed E-state index contributed by atoms with van der Waals surface area (Å²) in [6.45, 7) is -1.79. The average molecular weight is 879 g/mol. The molecule has 2 rings (SSSR count). The number of hydrogen-bond donors (Lipinski definition) is 0. The maximum atomic E-state index is 14.9. The van der Waals surface area contributed by atoms with E-state index in [1.54, 1.807) is 0 Å². The van der Waals surface area contributed by atoms with Gasteiger partial charge in [0.15, 0.2) is 0 Å². The molecule has 0 radical (unpaired) electrons. The van der Waals surface area contributed by atoms with E-state index in [0.717, 1.165) is 62.8 Å². The molecule has 0 aromatic heterocycles. The zero-order valence-corrected chi connectivity index (χ0v) is 29.3. The highest BCUT2D eigenvalue weighted by Crippen LogP contribution is 2.61. The van der Waals surface area contributed by atoms with E-state index in [4.69, 9.17) is 4.74 Å². The van der Waals surface area contributed by atoms with Gasteiger partial charge in [-0.15, -0.1) is 6.58 Å². The maximum absolute atomic E-state index is 14.9. The van der Waals surface area contributed by atoms with E-state index in [-0.39, 0.29) is 12.0 Å². The van der Waals surface area contributed by atoms with Crippen LogP contribution in [-0.4, -0.2) is 79.2 Å². The Labute approximate surface area is 310 Å². The van der Waals surface area contributed by atoms with Crippen molar-refractivity contribution in [2.75, 3.05) is 13.2 Å². The fourth-order valence-electron chi connectivity index (χ4n) is 6.34. The maximum Gasteiger partial charge on any atom is 0.457 e. The first-order valence-corrected chi connectivity index (χ1v) is 16.7. The zero-order valence-electron chi connectivity index (χ0n) is 29.3. The number of alkyl halides is 21. The van der Waals surface area contributed by atoms with E-state index in [0.29, 0.717) is 24.3 Å². The van der Waals surface area contributed by atoms with Crippen LogP contribution in [0.5, 0.6) is 5.75 Å². The highest BCUT2D eigenvalue weighted by Gasteiger charge is 2.91. The molecule has 1 aliphatic rings. The Hall–Kier alpha value is -2.79. The van der Waals surface area contributed by atoms with Crippen molar-refractivity contribution in [2.45, 2.75) is 137 Å². The minimum absolute atomic E-state index is 0.202. The van der Waals surface area contributed by atoms with Crippen LogP contribution in [0, 0.1) is 5.92 Å². The van der Waals surface area contributed by atoms with Crippen LogP contribution in [-0.2, 0) is 9.47 Å². The lowest BCUT2D eigenvalue weighted by atomic mass is 9.77. The monoisotopic (exact) mass is 878 g/mol. The van der Waals surface area contributed by atoms with Crippen molar-refractivity contribution >= 4 is 0 Å². The van der Waals surface area contributed by atoms with Gasteiger partial charge in [-0.2, -0.15) is 92.2 Å². The third-order valence-electron chi connectivity index (χ3n) is 9.39. The molecule has 0 N–H and O–H groups in total. The Balaban J connectivity index is 2.69. The lowest BCUT2D eigenvalue weighted by Gasteiger charge is -2.45. The summed E-state index contributed by atoms with van der Waals surface area (Å²) >= 11 is 0. The van der Waals surface area contributed by atoms with Crippen LogP contribution in [0.25, 0.3) is 0 Å². The summed E-state index contributed by atoms with van der Waals surface area (Å²) in [5, 5.41) is 0. The first-order chi connectivity index (χ1) is 25.6. The van der Waals surface area contributed by atoms with Gasteiger partial charge in [-0.05, 0) is 55.2 Å². The van der Waals surface area contributed by atoms with Crippen LogP contribution < -0.4 is 4.74 Å². The van der Waals surface area contributed by atoms with Gasteiger partial charge in [0.25, 0.3) is 0 Å². The van der Waals surface area contributed by atoms with Crippen LogP contribution in [0.4, 0.5) is 92.2 Å². The van der Waals surface area contributed by atoms with Gasteiger partial charge in [0, 0.05) is 6.42 Å². The van der Waals surface area contributed by atoms with Crippen LogP contribution in [0.3, 0.4) is 0 Å². The molecule has 1 aromatic carbocycles. The molecule has 1 atom stereocenters. The second-order valence-corrected chi connectivity index (χ2v) is 13.3. The number of ether oxygens (including phenoxy) is 3. The standard InChI is InChI=1S/C33H35F21O3/c1-3-5-6-7-19-8-10-20(11-9-19)21-12-14-22(15-13-21)57-23(18-56-26(31(46,47)48,32(49,50)51)28(38,39)33(52,53)54)17-55-25(29(40,41)42,30(43,44)45)27(36,37)24(34,35)16-4-2/h4,12-15,19-20,23H,2-3,5-11,16-18H2,1H3. The van der Waals surface area contributed by atoms with Crippen LogP contribution >= 0.6 is 0 Å². The molecule has 0 spiro atoms. The second kappa shape index (κ2) is 17.4. The molecule has 1 aliphatic carbocycles. The van der Waals surface area contributed by atoms with Gasteiger partial charge in [-0.1, -0.05) is 50.8 Å². The molecule has 332 valence electrons. The minimum Gasteiger partial charge on any atom is -0.486 e. The Morgan fingerprint density at radius 2 is 1.02 bits per heavy atom. The Morgan fingerprint density at radius 3 is 1.39 bits per heavy atom. The second-order valence-electron chi connectivity index (χ2n) is 13.3. The number of benzene rings is 1. The van der Waals surface area contributed by atoms with E-state index in [2.05, 4.69) is 16.1 Å². The van der Waals surface area contributed by atoms with E-state index in [1.165, 1.54) is 0 Å². The fourth-order valence-corrected chi connectivity index (χ4v) is 6.34. The van der Waals surface area contributed by atoms with Gasteiger partial charge in [0.05, 0.1) is 13.2 Å². The van der Waals surface area contributed by atoms with Crippen LogP contribution in [0.15, 0.2) is 36.9 Å². The first kappa shape index (κ1) is 50.4. The molecule has 1 unspecified atom stereocenters. The summed E-state index contributed by atoms with van der Waals surface area (Å²) in [5.41, 5.74) is -14.6. The Kier molecular flexibility index (Phi) is 15.4. The number of allylic oxidation sites excluding steroid dienone is 1.